The van der Waals surface area contributed by atoms with Gasteiger partial charge in [0.2, 0.25) is 0 Å². The van der Waals surface area contributed by atoms with Crippen LogP contribution in [0, 0.1) is 0 Å². The van der Waals surface area contributed by atoms with E-state index in [-0.39, 0.29) is 0 Å². The Bertz CT molecular complexity index is 917. The molecule has 0 fully saturated rings. The molecule has 0 unspecified atom stereocenters. The fourth-order valence-electron chi connectivity index (χ4n) is 2.65. The van der Waals surface area contributed by atoms with Crippen LogP contribution in [0.2, 0.25) is 0 Å². The van der Waals surface area contributed by atoms with E-state index >= 15 is 0 Å². The molecule has 0 heterocycles. The number of esters is 1. The maximum absolute atomic E-state index is 12.6. The number of halogens is 3. The van der Waals surface area contributed by atoms with E-state index in [1.54, 1.807) is 12.2 Å². The first kappa shape index (κ1) is 17.7. The summed E-state index contributed by atoms with van der Waals surface area (Å²) < 4.78 is 43.2. The zero-order valence-electron chi connectivity index (χ0n) is 13.9. The molecule has 0 bridgehead atoms. The van der Waals surface area contributed by atoms with Gasteiger partial charge in [0.15, 0.2) is 0 Å². The number of hydrogen-bond acceptors (Lipinski definition) is 2. The standard InChI is InChI=1S/C21H15F3O2/c1-14(25)26-20(19-12-9-16-4-2-3-5-18(16)19)13-8-15-6-10-17(11-7-15)21(22,23)24/h2-13H,1H3/b13-8+,20-19-. The van der Waals surface area contributed by atoms with Gasteiger partial charge in [-0.3, -0.25) is 4.79 Å². The van der Waals surface area contributed by atoms with E-state index in [9.17, 15) is 18.0 Å². The number of alkyl halides is 3. The highest BCUT2D eigenvalue weighted by Gasteiger charge is 2.29. The van der Waals surface area contributed by atoms with Crippen LogP contribution in [0.1, 0.15) is 29.2 Å². The summed E-state index contributed by atoms with van der Waals surface area (Å²) in [6.07, 6.45) is 2.59. The summed E-state index contributed by atoms with van der Waals surface area (Å²) >= 11 is 0. The third-order valence-corrected chi connectivity index (χ3v) is 3.86. The summed E-state index contributed by atoms with van der Waals surface area (Å²) in [5.74, 6) is -0.124. The highest BCUT2D eigenvalue weighted by atomic mass is 19.4. The molecule has 0 N–H and O–H groups in total. The van der Waals surface area contributed by atoms with Crippen molar-refractivity contribution in [3.05, 3.63) is 88.7 Å². The first-order valence-corrected chi connectivity index (χ1v) is 7.90. The summed E-state index contributed by atoms with van der Waals surface area (Å²) in [5.41, 5.74) is 2.55. The minimum atomic E-state index is -4.37. The molecule has 2 aromatic rings. The lowest BCUT2D eigenvalue weighted by atomic mass is 10.0. The predicted octanol–water partition coefficient (Wildman–Crippen LogP) is 5.72. The topological polar surface area (TPSA) is 26.3 Å². The van der Waals surface area contributed by atoms with Crippen molar-refractivity contribution in [2.45, 2.75) is 13.1 Å². The Balaban J connectivity index is 1.93. The number of carbonyl (C=O) groups excluding carboxylic acids is 1. The Kier molecular flexibility index (Phi) is 4.80. The SMILES string of the molecule is CC(=O)OC(/C=C/c1ccc(C(F)(F)F)cc1)=C1/C=Cc2ccccc21. The first-order chi connectivity index (χ1) is 12.3. The van der Waals surface area contributed by atoms with E-state index in [1.165, 1.54) is 19.1 Å². The number of rotatable bonds is 3. The van der Waals surface area contributed by atoms with Crippen LogP contribution in [-0.4, -0.2) is 5.97 Å². The summed E-state index contributed by atoms with van der Waals surface area (Å²) in [6.45, 7) is 1.30. The summed E-state index contributed by atoms with van der Waals surface area (Å²) in [6, 6.07) is 12.4. The van der Waals surface area contributed by atoms with Crippen molar-refractivity contribution in [1.29, 1.82) is 0 Å². The third-order valence-electron chi connectivity index (χ3n) is 3.86. The minimum Gasteiger partial charge on any atom is -0.426 e. The van der Waals surface area contributed by atoms with Crippen molar-refractivity contribution in [3.8, 4) is 0 Å². The number of benzene rings is 2. The maximum atomic E-state index is 12.6. The van der Waals surface area contributed by atoms with Gasteiger partial charge < -0.3 is 4.74 Å². The zero-order valence-corrected chi connectivity index (χ0v) is 13.9. The minimum absolute atomic E-state index is 0.346. The third kappa shape index (κ3) is 3.94. The molecule has 0 amide bonds. The van der Waals surface area contributed by atoms with E-state index in [0.717, 1.165) is 28.8 Å². The van der Waals surface area contributed by atoms with Gasteiger partial charge in [-0.25, -0.2) is 0 Å². The summed E-state index contributed by atoms with van der Waals surface area (Å²) in [5, 5.41) is 0. The van der Waals surface area contributed by atoms with Gasteiger partial charge in [-0.2, -0.15) is 13.2 Å². The van der Waals surface area contributed by atoms with Gasteiger partial charge in [0.25, 0.3) is 0 Å². The van der Waals surface area contributed by atoms with Crippen LogP contribution in [0.15, 0.2) is 66.4 Å². The molecular formula is C21H15F3O2. The van der Waals surface area contributed by atoms with Gasteiger partial charge in [0, 0.05) is 12.5 Å². The number of hydrogen-bond donors (Lipinski definition) is 0. The van der Waals surface area contributed by atoms with Crippen LogP contribution in [0.5, 0.6) is 0 Å². The monoisotopic (exact) mass is 356 g/mol. The molecule has 2 aromatic carbocycles. The van der Waals surface area contributed by atoms with Crippen molar-refractivity contribution in [1.82, 2.24) is 0 Å². The molecule has 0 atom stereocenters. The number of carbonyl (C=O) groups is 1. The molecule has 0 spiro atoms. The van der Waals surface area contributed by atoms with Gasteiger partial charge in [-0.05, 0) is 41.0 Å². The van der Waals surface area contributed by atoms with E-state index in [0.29, 0.717) is 11.3 Å². The highest BCUT2D eigenvalue weighted by molar-refractivity contribution is 5.92. The summed E-state index contributed by atoms with van der Waals surface area (Å²) in [7, 11) is 0. The zero-order chi connectivity index (χ0) is 18.7. The van der Waals surface area contributed by atoms with Crippen LogP contribution in [-0.2, 0) is 15.7 Å². The van der Waals surface area contributed by atoms with Crippen LogP contribution < -0.4 is 0 Å². The Labute approximate surface area is 148 Å². The molecule has 1 aliphatic rings. The average Bonchev–Trinajstić information content (AvgIpc) is 3.02. The van der Waals surface area contributed by atoms with Crippen LogP contribution >= 0.6 is 0 Å². The molecular weight excluding hydrogens is 341 g/mol. The highest BCUT2D eigenvalue weighted by Crippen LogP contribution is 2.33. The van der Waals surface area contributed by atoms with E-state index < -0.39 is 17.7 Å². The maximum Gasteiger partial charge on any atom is 0.416 e. The normalized spacial score (nSPS) is 15.2. The molecule has 0 saturated heterocycles. The van der Waals surface area contributed by atoms with Crippen molar-refractivity contribution >= 4 is 23.7 Å². The van der Waals surface area contributed by atoms with Gasteiger partial charge >= 0.3 is 12.1 Å². The molecule has 0 radical (unpaired) electrons. The molecule has 0 aromatic heterocycles. The second-order valence-corrected chi connectivity index (χ2v) is 5.75. The van der Waals surface area contributed by atoms with Crippen molar-refractivity contribution in [2.75, 3.05) is 0 Å². The van der Waals surface area contributed by atoms with Crippen LogP contribution in [0.3, 0.4) is 0 Å². The second kappa shape index (κ2) is 7.04. The Morgan fingerprint density at radius 3 is 2.35 bits per heavy atom. The van der Waals surface area contributed by atoms with Crippen LogP contribution in [0.25, 0.3) is 17.7 Å². The summed E-state index contributed by atoms with van der Waals surface area (Å²) in [4.78, 5) is 11.4. The Morgan fingerprint density at radius 1 is 1.00 bits per heavy atom. The van der Waals surface area contributed by atoms with Gasteiger partial charge in [0.05, 0.1) is 5.56 Å². The fraction of sp³-hybridized carbons (Fsp3) is 0.0952. The van der Waals surface area contributed by atoms with Crippen molar-refractivity contribution < 1.29 is 22.7 Å². The quantitative estimate of drug-likeness (QED) is 0.519. The smallest absolute Gasteiger partial charge is 0.416 e. The molecule has 132 valence electrons. The average molecular weight is 356 g/mol. The molecule has 0 aliphatic heterocycles. The lowest BCUT2D eigenvalue weighted by Crippen LogP contribution is -2.04. The second-order valence-electron chi connectivity index (χ2n) is 5.75. The van der Waals surface area contributed by atoms with Crippen molar-refractivity contribution in [3.63, 3.8) is 0 Å². The Hall–Kier alpha value is -3.08. The fourth-order valence-corrected chi connectivity index (χ4v) is 2.65. The lowest BCUT2D eigenvalue weighted by molar-refractivity contribution is -0.138. The first-order valence-electron chi connectivity index (χ1n) is 7.90. The van der Waals surface area contributed by atoms with Gasteiger partial charge in [-0.15, -0.1) is 0 Å². The van der Waals surface area contributed by atoms with E-state index in [4.69, 9.17) is 4.74 Å². The van der Waals surface area contributed by atoms with E-state index in [1.807, 2.05) is 36.4 Å². The molecule has 26 heavy (non-hydrogen) atoms. The van der Waals surface area contributed by atoms with Crippen LogP contribution in [0.4, 0.5) is 13.2 Å². The van der Waals surface area contributed by atoms with Gasteiger partial charge in [0.1, 0.15) is 5.76 Å². The number of ether oxygens (including phenoxy) is 1. The molecule has 0 saturated carbocycles. The molecule has 1 aliphatic carbocycles. The molecule has 2 nitrogen and oxygen atoms in total. The number of allylic oxidation sites excluding steroid dienone is 3. The van der Waals surface area contributed by atoms with Gasteiger partial charge in [-0.1, -0.05) is 48.6 Å². The van der Waals surface area contributed by atoms with E-state index in [2.05, 4.69) is 0 Å². The largest absolute Gasteiger partial charge is 0.426 e. The van der Waals surface area contributed by atoms with Crippen molar-refractivity contribution in [2.24, 2.45) is 0 Å². The Morgan fingerprint density at radius 2 is 1.69 bits per heavy atom. The number of fused-ring (bicyclic) bond motifs is 1. The molecule has 5 heteroatoms. The molecule has 3 rings (SSSR count). The lowest BCUT2D eigenvalue weighted by Gasteiger charge is -2.08. The predicted molar refractivity (Wildman–Crippen MR) is 94.6 cm³/mol.